The van der Waals surface area contributed by atoms with E-state index < -0.39 is 0 Å². The fraction of sp³-hybridized carbons (Fsp3) is 0.611. The highest BCUT2D eigenvalue weighted by Crippen LogP contribution is 2.27. The van der Waals surface area contributed by atoms with Gasteiger partial charge in [-0.15, -0.1) is 0 Å². The molecule has 1 rings (SSSR count). The van der Waals surface area contributed by atoms with Crippen molar-refractivity contribution >= 4 is 5.91 Å². The lowest BCUT2D eigenvalue weighted by molar-refractivity contribution is -0.120. The number of nitrogens with one attached hydrogen (secondary N) is 1. The van der Waals surface area contributed by atoms with E-state index in [1.54, 1.807) is 14.2 Å². The van der Waals surface area contributed by atoms with Crippen LogP contribution in [0.4, 0.5) is 0 Å². The Hall–Kier alpha value is -1.75. The molecule has 130 valence electrons. The highest BCUT2D eigenvalue weighted by atomic mass is 16.5. The first-order valence-corrected chi connectivity index (χ1v) is 8.12. The van der Waals surface area contributed by atoms with Crippen molar-refractivity contribution in [1.82, 2.24) is 10.2 Å². The van der Waals surface area contributed by atoms with Crippen LogP contribution in [-0.2, 0) is 11.2 Å². The van der Waals surface area contributed by atoms with Gasteiger partial charge in [-0.2, -0.15) is 0 Å². The second kappa shape index (κ2) is 9.40. The third-order valence-electron chi connectivity index (χ3n) is 3.83. The van der Waals surface area contributed by atoms with Crippen LogP contribution in [-0.4, -0.2) is 50.2 Å². The zero-order chi connectivity index (χ0) is 17.4. The number of hydrogen-bond acceptors (Lipinski definition) is 4. The molecule has 0 atom stereocenters. The van der Waals surface area contributed by atoms with Gasteiger partial charge in [0.15, 0.2) is 11.5 Å². The van der Waals surface area contributed by atoms with Crippen LogP contribution in [0.2, 0.25) is 0 Å². The van der Waals surface area contributed by atoms with Crippen LogP contribution in [0.3, 0.4) is 0 Å². The lowest BCUT2D eigenvalue weighted by atomic mass is 10.1. The second-order valence-electron chi connectivity index (χ2n) is 6.14. The molecular formula is C18H30N2O3. The van der Waals surface area contributed by atoms with Gasteiger partial charge in [0, 0.05) is 25.2 Å². The summed E-state index contributed by atoms with van der Waals surface area (Å²) in [7, 11) is 3.19. The summed E-state index contributed by atoms with van der Waals surface area (Å²) in [6.07, 6.45) is 0.337. The quantitative estimate of drug-likeness (QED) is 0.759. The molecule has 0 spiro atoms. The summed E-state index contributed by atoms with van der Waals surface area (Å²) in [6.45, 7) is 10.2. The van der Waals surface area contributed by atoms with Crippen LogP contribution >= 0.6 is 0 Å². The van der Waals surface area contributed by atoms with Crippen molar-refractivity contribution in [2.45, 2.75) is 46.2 Å². The number of carbonyl (C=O) groups is 1. The molecule has 1 aromatic carbocycles. The predicted octanol–water partition coefficient (Wildman–Crippen LogP) is 2.48. The van der Waals surface area contributed by atoms with Gasteiger partial charge in [-0.05, 0) is 45.4 Å². The van der Waals surface area contributed by atoms with Crippen molar-refractivity contribution < 1.29 is 14.3 Å². The molecule has 23 heavy (non-hydrogen) atoms. The minimum atomic E-state index is 0.0182. The number of benzene rings is 1. The van der Waals surface area contributed by atoms with Crippen LogP contribution in [0.25, 0.3) is 0 Å². The molecule has 0 aromatic heterocycles. The van der Waals surface area contributed by atoms with Crippen LogP contribution in [0, 0.1) is 0 Å². The summed E-state index contributed by atoms with van der Waals surface area (Å²) in [6, 6.07) is 6.49. The van der Waals surface area contributed by atoms with E-state index >= 15 is 0 Å². The molecule has 1 N–H and O–H groups in total. The monoisotopic (exact) mass is 322 g/mol. The Labute approximate surface area is 140 Å². The molecule has 0 heterocycles. The molecule has 5 nitrogen and oxygen atoms in total. The maximum absolute atomic E-state index is 12.1. The summed E-state index contributed by atoms with van der Waals surface area (Å²) in [5, 5.41) is 2.98. The Kier molecular flexibility index (Phi) is 7.89. The van der Waals surface area contributed by atoms with Crippen molar-refractivity contribution in [1.29, 1.82) is 0 Å². The largest absolute Gasteiger partial charge is 0.493 e. The third-order valence-corrected chi connectivity index (χ3v) is 3.83. The summed E-state index contributed by atoms with van der Waals surface area (Å²) >= 11 is 0. The Morgan fingerprint density at radius 3 is 2.22 bits per heavy atom. The third kappa shape index (κ3) is 6.10. The first-order valence-electron chi connectivity index (χ1n) is 8.12. The summed E-state index contributed by atoms with van der Waals surface area (Å²) in [5.74, 6) is 1.33. The van der Waals surface area contributed by atoms with Gasteiger partial charge in [-0.25, -0.2) is 0 Å². The van der Waals surface area contributed by atoms with Crippen molar-refractivity contribution in [2.24, 2.45) is 0 Å². The normalized spacial score (nSPS) is 11.2. The van der Waals surface area contributed by atoms with Crippen molar-refractivity contribution in [3.8, 4) is 11.5 Å². The zero-order valence-corrected chi connectivity index (χ0v) is 15.2. The average Bonchev–Trinajstić information content (AvgIpc) is 2.50. The van der Waals surface area contributed by atoms with Crippen LogP contribution in [0.1, 0.15) is 33.3 Å². The molecule has 5 heteroatoms. The summed E-state index contributed by atoms with van der Waals surface area (Å²) in [4.78, 5) is 14.4. The Balaban J connectivity index is 2.51. The summed E-state index contributed by atoms with van der Waals surface area (Å²) in [5.41, 5.74) is 0.907. The van der Waals surface area contributed by atoms with Gasteiger partial charge in [-0.1, -0.05) is 6.07 Å². The van der Waals surface area contributed by atoms with Gasteiger partial charge >= 0.3 is 0 Å². The topological polar surface area (TPSA) is 50.8 Å². The van der Waals surface area contributed by atoms with Crippen LogP contribution in [0.15, 0.2) is 18.2 Å². The average molecular weight is 322 g/mol. The SMILES string of the molecule is COc1ccc(CC(=O)NCCN(C(C)C)C(C)C)cc1OC. The van der Waals surface area contributed by atoms with E-state index in [9.17, 15) is 4.79 Å². The molecule has 0 bridgehead atoms. The Morgan fingerprint density at radius 2 is 1.70 bits per heavy atom. The molecular weight excluding hydrogens is 292 g/mol. The second-order valence-corrected chi connectivity index (χ2v) is 6.14. The lowest BCUT2D eigenvalue weighted by Gasteiger charge is -2.30. The van der Waals surface area contributed by atoms with E-state index in [0.29, 0.717) is 36.5 Å². The molecule has 1 aromatic rings. The van der Waals surface area contributed by atoms with Gasteiger partial charge in [0.05, 0.1) is 20.6 Å². The molecule has 0 unspecified atom stereocenters. The summed E-state index contributed by atoms with van der Waals surface area (Å²) < 4.78 is 10.5. The van der Waals surface area contributed by atoms with Crippen LogP contribution in [0.5, 0.6) is 11.5 Å². The van der Waals surface area contributed by atoms with Crippen molar-refractivity contribution in [3.63, 3.8) is 0 Å². The van der Waals surface area contributed by atoms with Gasteiger partial charge in [0.1, 0.15) is 0 Å². The number of ether oxygens (including phenoxy) is 2. The maximum Gasteiger partial charge on any atom is 0.224 e. The van der Waals surface area contributed by atoms with Crippen molar-refractivity contribution in [2.75, 3.05) is 27.3 Å². The molecule has 0 aliphatic rings. The van der Waals surface area contributed by atoms with Gasteiger partial charge in [-0.3, -0.25) is 9.69 Å². The zero-order valence-electron chi connectivity index (χ0n) is 15.2. The standard InChI is InChI=1S/C18H30N2O3/c1-13(2)20(14(3)4)10-9-19-18(21)12-15-7-8-16(22-5)17(11-15)23-6/h7-8,11,13-14H,9-10,12H2,1-6H3,(H,19,21). The highest BCUT2D eigenvalue weighted by Gasteiger charge is 2.13. The molecule has 1 amide bonds. The molecule has 0 aliphatic heterocycles. The smallest absolute Gasteiger partial charge is 0.224 e. The lowest BCUT2D eigenvalue weighted by Crippen LogP contribution is -2.42. The van der Waals surface area contributed by atoms with Crippen LogP contribution < -0.4 is 14.8 Å². The van der Waals surface area contributed by atoms with E-state index in [0.717, 1.165) is 12.1 Å². The number of methoxy groups -OCH3 is 2. The van der Waals surface area contributed by atoms with E-state index in [1.165, 1.54) is 0 Å². The molecule has 0 aliphatic carbocycles. The number of hydrogen-bond donors (Lipinski definition) is 1. The van der Waals surface area contributed by atoms with Gasteiger partial charge in [0.25, 0.3) is 0 Å². The minimum Gasteiger partial charge on any atom is -0.493 e. The highest BCUT2D eigenvalue weighted by molar-refractivity contribution is 5.78. The molecule has 0 fully saturated rings. The molecule has 0 saturated heterocycles. The van der Waals surface area contributed by atoms with Crippen molar-refractivity contribution in [3.05, 3.63) is 23.8 Å². The predicted molar refractivity (Wildman–Crippen MR) is 93.2 cm³/mol. The fourth-order valence-corrected chi connectivity index (χ4v) is 2.68. The number of nitrogens with zero attached hydrogens (tertiary/aromatic N) is 1. The van der Waals surface area contributed by atoms with E-state index in [2.05, 4.69) is 37.9 Å². The molecule has 0 saturated carbocycles. The number of amides is 1. The minimum absolute atomic E-state index is 0.0182. The molecule has 0 radical (unpaired) electrons. The Bertz CT molecular complexity index is 493. The van der Waals surface area contributed by atoms with E-state index in [4.69, 9.17) is 9.47 Å². The Morgan fingerprint density at radius 1 is 1.09 bits per heavy atom. The fourth-order valence-electron chi connectivity index (χ4n) is 2.68. The first-order chi connectivity index (χ1) is 10.9. The van der Waals surface area contributed by atoms with Gasteiger partial charge < -0.3 is 14.8 Å². The van der Waals surface area contributed by atoms with E-state index in [-0.39, 0.29) is 5.91 Å². The van der Waals surface area contributed by atoms with E-state index in [1.807, 2.05) is 18.2 Å². The maximum atomic E-state index is 12.1. The number of rotatable bonds is 9. The first kappa shape index (κ1) is 19.3. The number of carbonyl (C=O) groups excluding carboxylic acids is 1. The van der Waals surface area contributed by atoms with Gasteiger partial charge in [0.2, 0.25) is 5.91 Å².